The zero-order valence-corrected chi connectivity index (χ0v) is 10.4. The molecule has 1 N–H and O–H groups in total. The number of hydrogen-bond acceptors (Lipinski definition) is 3. The fraction of sp³-hybridized carbons (Fsp3) is 0.385. The van der Waals surface area contributed by atoms with Crippen LogP contribution in [0.5, 0.6) is 0 Å². The summed E-state index contributed by atoms with van der Waals surface area (Å²) >= 11 is 0. The molecule has 1 aliphatic rings. The van der Waals surface area contributed by atoms with E-state index in [0.29, 0.717) is 30.1 Å². The third-order valence-electron chi connectivity index (χ3n) is 3.32. The average molecular weight is 283 g/mol. The Morgan fingerprint density at radius 3 is 2.50 bits per heavy atom. The van der Waals surface area contributed by atoms with Crippen LogP contribution in [-0.2, 0) is 12.6 Å². The van der Waals surface area contributed by atoms with E-state index in [-0.39, 0.29) is 0 Å². The van der Waals surface area contributed by atoms with Gasteiger partial charge in [0.15, 0.2) is 5.82 Å². The number of aliphatic hydroxyl groups excluding tert-OH is 1. The van der Waals surface area contributed by atoms with Crippen molar-refractivity contribution in [2.75, 3.05) is 0 Å². The van der Waals surface area contributed by atoms with Gasteiger partial charge in [-0.1, -0.05) is 12.1 Å². The third-order valence-corrected chi connectivity index (χ3v) is 3.32. The van der Waals surface area contributed by atoms with Crippen molar-refractivity contribution in [3.63, 3.8) is 0 Å². The van der Waals surface area contributed by atoms with Crippen LogP contribution in [0.4, 0.5) is 13.2 Å². The molecule has 0 aliphatic carbocycles. The smallest absolute Gasteiger partial charge is 0.372 e. The number of halogens is 3. The molecule has 1 unspecified atom stereocenters. The molecule has 0 radical (unpaired) electrons. The molecule has 3 rings (SSSR count). The molecule has 1 atom stereocenters. The Morgan fingerprint density at radius 2 is 1.90 bits per heavy atom. The molecule has 7 heteroatoms. The first-order valence-corrected chi connectivity index (χ1v) is 6.26. The Labute approximate surface area is 112 Å². The lowest BCUT2D eigenvalue weighted by atomic mass is 10.1. The number of aliphatic hydroxyl groups is 1. The number of benzene rings is 1. The molecule has 1 aliphatic heterocycles. The van der Waals surface area contributed by atoms with E-state index in [0.717, 1.165) is 18.6 Å². The molecule has 0 bridgehead atoms. The highest BCUT2D eigenvalue weighted by Gasteiger charge is 2.30. The van der Waals surface area contributed by atoms with Crippen LogP contribution in [0.25, 0.3) is 11.4 Å². The van der Waals surface area contributed by atoms with Gasteiger partial charge in [0.05, 0.1) is 5.56 Å². The number of alkyl halides is 3. The Balaban J connectivity index is 1.94. The van der Waals surface area contributed by atoms with Gasteiger partial charge in [-0.3, -0.25) is 0 Å². The fourth-order valence-corrected chi connectivity index (χ4v) is 2.26. The van der Waals surface area contributed by atoms with Gasteiger partial charge in [0.2, 0.25) is 0 Å². The second-order valence-electron chi connectivity index (χ2n) is 4.74. The maximum absolute atomic E-state index is 12.5. The Morgan fingerprint density at radius 1 is 1.20 bits per heavy atom. The fourth-order valence-electron chi connectivity index (χ4n) is 2.26. The van der Waals surface area contributed by atoms with Crippen molar-refractivity contribution < 1.29 is 18.3 Å². The van der Waals surface area contributed by atoms with Gasteiger partial charge in [-0.05, 0) is 25.0 Å². The normalized spacial score (nSPS) is 18.9. The van der Waals surface area contributed by atoms with Gasteiger partial charge < -0.3 is 5.11 Å². The summed E-state index contributed by atoms with van der Waals surface area (Å²) in [5.41, 5.74) is -0.197. The summed E-state index contributed by atoms with van der Waals surface area (Å²) in [6, 6.07) is 4.70. The Bertz CT molecular complexity index is 619. The van der Waals surface area contributed by atoms with Gasteiger partial charge in [-0.2, -0.15) is 13.2 Å². The lowest BCUT2D eigenvalue weighted by Crippen LogP contribution is -2.18. The van der Waals surface area contributed by atoms with Crippen molar-refractivity contribution in [3.05, 3.63) is 35.7 Å². The van der Waals surface area contributed by atoms with E-state index in [1.54, 1.807) is 0 Å². The first kappa shape index (κ1) is 13.1. The lowest BCUT2D eigenvalue weighted by molar-refractivity contribution is -0.137. The molecular weight excluding hydrogens is 271 g/mol. The predicted octanol–water partition coefficient (Wildman–Crippen LogP) is 2.79. The van der Waals surface area contributed by atoms with Crippen molar-refractivity contribution in [1.82, 2.24) is 14.8 Å². The van der Waals surface area contributed by atoms with Crippen molar-refractivity contribution >= 4 is 0 Å². The number of aryl methyl sites for hydroxylation is 1. The summed E-state index contributed by atoms with van der Waals surface area (Å²) in [5, 5.41) is 14.0. The molecule has 20 heavy (non-hydrogen) atoms. The average Bonchev–Trinajstić information content (AvgIpc) is 2.83. The van der Waals surface area contributed by atoms with Gasteiger partial charge in [-0.15, -0.1) is 5.10 Å². The molecule has 1 aromatic heterocycles. The molecule has 0 spiro atoms. The highest BCUT2D eigenvalue weighted by molar-refractivity contribution is 5.55. The van der Waals surface area contributed by atoms with Crippen LogP contribution in [0.3, 0.4) is 0 Å². The quantitative estimate of drug-likeness (QED) is 0.875. The van der Waals surface area contributed by atoms with Crippen LogP contribution < -0.4 is 0 Å². The Kier molecular flexibility index (Phi) is 3.01. The summed E-state index contributed by atoms with van der Waals surface area (Å²) in [7, 11) is 0. The molecular formula is C13H12F3N3O. The Hall–Kier alpha value is -1.89. The van der Waals surface area contributed by atoms with E-state index in [2.05, 4.69) is 10.1 Å². The van der Waals surface area contributed by atoms with Crippen LogP contribution in [0.1, 0.15) is 30.5 Å². The van der Waals surface area contributed by atoms with Gasteiger partial charge in [0.25, 0.3) is 0 Å². The van der Waals surface area contributed by atoms with Crippen molar-refractivity contribution in [2.45, 2.75) is 31.7 Å². The second kappa shape index (κ2) is 4.59. The highest BCUT2D eigenvalue weighted by Crippen LogP contribution is 2.31. The second-order valence-corrected chi connectivity index (χ2v) is 4.74. The third kappa shape index (κ3) is 2.29. The summed E-state index contributed by atoms with van der Waals surface area (Å²) in [5.74, 6) is 1.01. The summed E-state index contributed by atoms with van der Waals surface area (Å²) in [6.07, 6.45) is -2.90. The molecule has 2 heterocycles. The largest absolute Gasteiger partial charge is 0.416 e. The maximum Gasteiger partial charge on any atom is 0.416 e. The zero-order chi connectivity index (χ0) is 14.3. The van der Waals surface area contributed by atoms with Gasteiger partial charge in [0, 0.05) is 12.0 Å². The first-order valence-electron chi connectivity index (χ1n) is 6.26. The molecule has 2 aromatic rings. The van der Waals surface area contributed by atoms with E-state index in [1.165, 1.54) is 16.8 Å². The van der Waals surface area contributed by atoms with E-state index in [4.69, 9.17) is 0 Å². The van der Waals surface area contributed by atoms with E-state index < -0.39 is 18.0 Å². The van der Waals surface area contributed by atoms with Crippen LogP contribution >= 0.6 is 0 Å². The minimum atomic E-state index is -4.35. The standard InChI is InChI=1S/C13H12F3N3O/c14-13(15,16)9-6-4-8(5-7-9)12-17-10-2-1-3-11(20)19(10)18-12/h4-7,11,20H,1-3H2. The monoisotopic (exact) mass is 283 g/mol. The molecule has 4 nitrogen and oxygen atoms in total. The number of aromatic nitrogens is 3. The van der Waals surface area contributed by atoms with Crippen molar-refractivity contribution in [1.29, 1.82) is 0 Å². The zero-order valence-electron chi connectivity index (χ0n) is 10.4. The number of rotatable bonds is 1. The number of fused-ring (bicyclic) bond motifs is 1. The van der Waals surface area contributed by atoms with Gasteiger partial charge in [0.1, 0.15) is 12.1 Å². The molecule has 0 amide bonds. The predicted molar refractivity (Wildman–Crippen MR) is 64.7 cm³/mol. The minimum absolute atomic E-state index is 0.342. The van der Waals surface area contributed by atoms with E-state index in [1.807, 2.05) is 0 Å². The SMILES string of the molecule is OC1CCCc2nc(-c3ccc(C(F)(F)F)cc3)nn21. The van der Waals surface area contributed by atoms with E-state index >= 15 is 0 Å². The molecule has 106 valence electrons. The topological polar surface area (TPSA) is 50.9 Å². The maximum atomic E-state index is 12.5. The van der Waals surface area contributed by atoms with Crippen molar-refractivity contribution in [2.24, 2.45) is 0 Å². The number of nitrogens with zero attached hydrogens (tertiary/aromatic N) is 3. The summed E-state index contributed by atoms with van der Waals surface area (Å²) < 4.78 is 38.9. The van der Waals surface area contributed by atoms with Crippen LogP contribution in [0.15, 0.2) is 24.3 Å². The molecule has 1 aromatic carbocycles. The lowest BCUT2D eigenvalue weighted by Gasteiger charge is -2.17. The van der Waals surface area contributed by atoms with Gasteiger partial charge in [-0.25, -0.2) is 9.67 Å². The summed E-state index contributed by atoms with van der Waals surface area (Å²) in [4.78, 5) is 4.27. The van der Waals surface area contributed by atoms with Crippen molar-refractivity contribution in [3.8, 4) is 11.4 Å². The first-order chi connectivity index (χ1) is 9.45. The highest BCUT2D eigenvalue weighted by atomic mass is 19.4. The van der Waals surface area contributed by atoms with Crippen LogP contribution in [-0.4, -0.2) is 19.9 Å². The molecule has 0 saturated heterocycles. The van der Waals surface area contributed by atoms with Crippen LogP contribution in [0.2, 0.25) is 0 Å². The number of hydrogen-bond donors (Lipinski definition) is 1. The van der Waals surface area contributed by atoms with E-state index in [9.17, 15) is 18.3 Å². The van der Waals surface area contributed by atoms with Crippen LogP contribution in [0, 0.1) is 0 Å². The minimum Gasteiger partial charge on any atom is -0.372 e. The van der Waals surface area contributed by atoms with Gasteiger partial charge >= 0.3 is 6.18 Å². The summed E-state index contributed by atoms with van der Waals surface area (Å²) in [6.45, 7) is 0. The molecule has 0 saturated carbocycles. The molecule has 0 fully saturated rings.